The van der Waals surface area contributed by atoms with E-state index in [4.69, 9.17) is 9.47 Å². The van der Waals surface area contributed by atoms with Crippen molar-refractivity contribution in [3.63, 3.8) is 0 Å². The maximum Gasteiger partial charge on any atom is 0.264 e. The Labute approximate surface area is 201 Å². The van der Waals surface area contributed by atoms with Crippen LogP contribution in [0.1, 0.15) is 23.1 Å². The van der Waals surface area contributed by atoms with Crippen LogP contribution in [-0.4, -0.2) is 35.1 Å². The van der Waals surface area contributed by atoms with E-state index < -0.39 is 10.0 Å². The van der Waals surface area contributed by atoms with E-state index in [1.165, 1.54) is 4.31 Å². The lowest BCUT2D eigenvalue weighted by molar-refractivity contribution is -0.116. The van der Waals surface area contributed by atoms with Crippen molar-refractivity contribution in [1.82, 2.24) is 0 Å². The van der Waals surface area contributed by atoms with Crippen molar-refractivity contribution in [2.75, 3.05) is 30.4 Å². The van der Waals surface area contributed by atoms with E-state index in [1.807, 2.05) is 32.0 Å². The highest BCUT2D eigenvalue weighted by molar-refractivity contribution is 7.92. The number of sulfonamides is 1. The Morgan fingerprint density at radius 1 is 0.941 bits per heavy atom. The fourth-order valence-electron chi connectivity index (χ4n) is 3.48. The molecule has 0 saturated carbocycles. The lowest BCUT2D eigenvalue weighted by Gasteiger charge is -2.25. The molecule has 3 aromatic carbocycles. The number of hydrogen-bond donors (Lipinski definition) is 1. The number of aryl methyl sites for hydroxylation is 2. The molecule has 1 amide bonds. The van der Waals surface area contributed by atoms with E-state index in [0.717, 1.165) is 16.7 Å². The third-order valence-electron chi connectivity index (χ3n) is 5.56. The molecule has 34 heavy (non-hydrogen) atoms. The number of nitrogens with zero attached hydrogens (tertiary/aromatic N) is 1. The molecule has 0 radical (unpaired) electrons. The Morgan fingerprint density at radius 3 is 2.29 bits per heavy atom. The second-order valence-electron chi connectivity index (χ2n) is 7.91. The molecule has 3 aromatic rings. The topological polar surface area (TPSA) is 84.9 Å². The van der Waals surface area contributed by atoms with Gasteiger partial charge in [-0.25, -0.2) is 8.42 Å². The maximum atomic E-state index is 13.6. The van der Waals surface area contributed by atoms with E-state index in [1.54, 1.807) is 62.8 Å². The number of carbonyl (C=O) groups excluding carboxylic acids is 1. The van der Waals surface area contributed by atoms with E-state index in [-0.39, 0.29) is 23.8 Å². The van der Waals surface area contributed by atoms with Gasteiger partial charge in [0, 0.05) is 31.3 Å². The van der Waals surface area contributed by atoms with Gasteiger partial charge in [0.15, 0.2) is 0 Å². The molecule has 0 heterocycles. The summed E-state index contributed by atoms with van der Waals surface area (Å²) in [7, 11) is -0.773. The Kier molecular flexibility index (Phi) is 8.31. The molecule has 180 valence electrons. The van der Waals surface area contributed by atoms with Gasteiger partial charge in [0.2, 0.25) is 5.91 Å². The molecule has 0 aliphatic heterocycles. The summed E-state index contributed by atoms with van der Waals surface area (Å²) in [5.74, 6) is 0.317. The molecule has 8 heteroatoms. The fourth-order valence-corrected chi connectivity index (χ4v) is 5.03. The van der Waals surface area contributed by atoms with Gasteiger partial charge in [-0.1, -0.05) is 24.3 Å². The summed E-state index contributed by atoms with van der Waals surface area (Å²) in [6, 6.07) is 19.1. The zero-order valence-electron chi connectivity index (χ0n) is 19.9. The highest BCUT2D eigenvalue weighted by atomic mass is 32.2. The van der Waals surface area contributed by atoms with Gasteiger partial charge in [-0.05, 0) is 67.4 Å². The number of carbonyl (C=O) groups is 1. The van der Waals surface area contributed by atoms with E-state index in [2.05, 4.69) is 5.32 Å². The summed E-state index contributed by atoms with van der Waals surface area (Å²) in [6.07, 6.45) is -0.0303. The normalized spacial score (nSPS) is 11.2. The molecule has 0 fully saturated rings. The first-order chi connectivity index (χ1) is 16.3. The second kappa shape index (κ2) is 11.2. The number of ether oxygens (including phenoxy) is 2. The summed E-state index contributed by atoms with van der Waals surface area (Å²) in [4.78, 5) is 13.0. The van der Waals surface area contributed by atoms with Gasteiger partial charge in [-0.2, -0.15) is 0 Å². The number of nitrogens with one attached hydrogen (secondary N) is 1. The first-order valence-corrected chi connectivity index (χ1v) is 12.3. The molecule has 0 aliphatic carbocycles. The van der Waals surface area contributed by atoms with Crippen molar-refractivity contribution >= 4 is 27.3 Å². The fraction of sp³-hybridized carbons (Fsp3) is 0.269. The smallest absolute Gasteiger partial charge is 0.264 e. The largest absolute Gasteiger partial charge is 0.497 e. The molecular formula is C26H30N2O5S. The predicted octanol–water partition coefficient (Wildman–Crippen LogP) is 4.68. The van der Waals surface area contributed by atoms with Gasteiger partial charge in [0.05, 0.1) is 24.3 Å². The first kappa shape index (κ1) is 25.3. The van der Waals surface area contributed by atoms with E-state index >= 15 is 0 Å². The predicted molar refractivity (Wildman–Crippen MR) is 134 cm³/mol. The van der Waals surface area contributed by atoms with Crippen molar-refractivity contribution in [3.05, 3.63) is 83.4 Å². The van der Waals surface area contributed by atoms with Crippen LogP contribution in [0, 0.1) is 13.8 Å². The zero-order valence-corrected chi connectivity index (χ0v) is 20.7. The van der Waals surface area contributed by atoms with Crippen LogP contribution in [0.3, 0.4) is 0 Å². The van der Waals surface area contributed by atoms with E-state index in [9.17, 15) is 13.2 Å². The van der Waals surface area contributed by atoms with Gasteiger partial charge in [0.1, 0.15) is 5.75 Å². The maximum absolute atomic E-state index is 13.6. The van der Waals surface area contributed by atoms with Crippen molar-refractivity contribution in [3.8, 4) is 5.75 Å². The molecule has 0 spiro atoms. The van der Waals surface area contributed by atoms with Crippen LogP contribution in [0.4, 0.5) is 11.4 Å². The summed E-state index contributed by atoms with van der Waals surface area (Å²) >= 11 is 0. The van der Waals surface area contributed by atoms with Crippen LogP contribution in [0.15, 0.2) is 71.6 Å². The molecule has 0 atom stereocenters. The molecular weight excluding hydrogens is 452 g/mol. The summed E-state index contributed by atoms with van der Waals surface area (Å²) in [5, 5.41) is 2.87. The summed E-state index contributed by atoms with van der Waals surface area (Å²) in [5.41, 5.74) is 3.81. The lowest BCUT2D eigenvalue weighted by atomic mass is 10.1. The summed E-state index contributed by atoms with van der Waals surface area (Å²) in [6.45, 7) is 4.13. The highest BCUT2D eigenvalue weighted by Crippen LogP contribution is 2.27. The quantitative estimate of drug-likeness (QED) is 0.453. The molecule has 0 unspecified atom stereocenters. The molecule has 1 N–H and O–H groups in total. The number of anilines is 2. The van der Waals surface area contributed by atoms with Gasteiger partial charge < -0.3 is 14.8 Å². The number of benzene rings is 3. The van der Waals surface area contributed by atoms with Crippen LogP contribution in [0.25, 0.3) is 0 Å². The van der Waals surface area contributed by atoms with Gasteiger partial charge in [0.25, 0.3) is 10.0 Å². The third kappa shape index (κ3) is 5.95. The van der Waals surface area contributed by atoms with Crippen LogP contribution in [-0.2, 0) is 26.2 Å². The van der Waals surface area contributed by atoms with Crippen molar-refractivity contribution in [2.45, 2.75) is 31.8 Å². The Bertz CT molecular complexity index is 1240. The number of methoxy groups -OCH3 is 2. The molecule has 0 bridgehead atoms. The number of hydrogen-bond acceptors (Lipinski definition) is 5. The minimum atomic E-state index is -3.91. The van der Waals surface area contributed by atoms with E-state index in [0.29, 0.717) is 23.7 Å². The third-order valence-corrected chi connectivity index (χ3v) is 7.38. The standard InChI is InChI=1S/C26H30N2O5S/c1-19-9-14-24(17-20(19)2)34(30,31)28(22-10-12-23(33-4)13-11-22)16-15-26(29)27-25-8-6-5-7-21(25)18-32-3/h5-14,17H,15-16,18H2,1-4H3,(H,27,29). The number of amides is 1. The Hall–Kier alpha value is -3.36. The minimum absolute atomic E-state index is 0.0279. The lowest BCUT2D eigenvalue weighted by Crippen LogP contribution is -2.34. The number of para-hydroxylation sites is 1. The van der Waals surface area contributed by atoms with Crippen molar-refractivity contribution in [1.29, 1.82) is 0 Å². The van der Waals surface area contributed by atoms with Crippen LogP contribution < -0.4 is 14.4 Å². The van der Waals surface area contributed by atoms with Crippen LogP contribution >= 0.6 is 0 Å². The van der Waals surface area contributed by atoms with Gasteiger partial charge >= 0.3 is 0 Å². The van der Waals surface area contributed by atoms with Gasteiger partial charge in [-0.15, -0.1) is 0 Å². The monoisotopic (exact) mass is 482 g/mol. The van der Waals surface area contributed by atoms with Crippen molar-refractivity contribution in [2.24, 2.45) is 0 Å². The molecule has 3 rings (SSSR count). The number of rotatable bonds is 10. The SMILES string of the molecule is COCc1ccccc1NC(=O)CCN(c1ccc(OC)cc1)S(=O)(=O)c1ccc(C)c(C)c1. The average Bonchev–Trinajstić information content (AvgIpc) is 2.82. The minimum Gasteiger partial charge on any atom is -0.497 e. The van der Waals surface area contributed by atoms with Crippen molar-refractivity contribution < 1.29 is 22.7 Å². The first-order valence-electron chi connectivity index (χ1n) is 10.9. The highest BCUT2D eigenvalue weighted by Gasteiger charge is 2.26. The van der Waals surface area contributed by atoms with Crippen LogP contribution in [0.2, 0.25) is 0 Å². The van der Waals surface area contributed by atoms with Gasteiger partial charge in [-0.3, -0.25) is 9.10 Å². The zero-order chi connectivity index (χ0) is 24.7. The molecule has 7 nitrogen and oxygen atoms in total. The Morgan fingerprint density at radius 2 is 1.65 bits per heavy atom. The van der Waals surface area contributed by atoms with Crippen LogP contribution in [0.5, 0.6) is 5.75 Å². The molecule has 0 saturated heterocycles. The summed E-state index contributed by atoms with van der Waals surface area (Å²) < 4.78 is 38.9. The molecule has 0 aliphatic rings. The average molecular weight is 483 g/mol. The Balaban J connectivity index is 1.87. The second-order valence-corrected chi connectivity index (χ2v) is 9.77. The molecule has 0 aromatic heterocycles.